The normalized spacial score (nSPS) is 26.4. The first kappa shape index (κ1) is 71.0. The number of esters is 3. The van der Waals surface area contributed by atoms with Crippen LogP contribution in [0.5, 0.6) is 0 Å². The quantitative estimate of drug-likeness (QED) is 0.0329. The largest absolute Gasteiger partial charge is 0.462 e. The van der Waals surface area contributed by atoms with E-state index in [9.17, 15) is 24.3 Å². The predicted octanol–water partition coefficient (Wildman–Crippen LogP) is 9.68. The Morgan fingerprint density at radius 2 is 0.755 bits per heavy atom. The van der Waals surface area contributed by atoms with Crippen molar-refractivity contribution in [3.05, 3.63) is 215 Å². The molecule has 3 heterocycles. The Hall–Kier alpha value is -7.28. The van der Waals surface area contributed by atoms with Crippen molar-refractivity contribution in [2.45, 2.75) is 187 Å². The summed E-state index contributed by atoms with van der Waals surface area (Å²) in [6.07, 6.45) is -19.4. The van der Waals surface area contributed by atoms with E-state index in [1.165, 1.54) is 13.8 Å². The molecule has 0 bridgehead atoms. The molecule has 3 aliphatic heterocycles. The molecular weight excluding hydrogens is 1210 g/mol. The molecule has 20 heteroatoms. The van der Waals surface area contributed by atoms with E-state index in [1.54, 1.807) is 41.5 Å². The molecule has 0 spiro atoms. The minimum Gasteiger partial charge on any atom is -0.462 e. The number of rotatable bonds is 29. The van der Waals surface area contributed by atoms with Crippen LogP contribution in [0.4, 0.5) is 0 Å². The van der Waals surface area contributed by atoms with Crippen molar-refractivity contribution >= 4 is 23.8 Å². The lowest BCUT2D eigenvalue weighted by Crippen LogP contribution is -2.71. The maximum Gasteiger partial charge on any atom is 0.311 e. The van der Waals surface area contributed by atoms with Crippen molar-refractivity contribution in [3.63, 3.8) is 0 Å². The lowest BCUT2D eigenvalue weighted by Gasteiger charge is -2.51. The van der Waals surface area contributed by atoms with Crippen LogP contribution in [0.2, 0.25) is 0 Å². The van der Waals surface area contributed by atoms with E-state index < -0.39 is 133 Å². The van der Waals surface area contributed by atoms with Gasteiger partial charge in [0, 0.05) is 13.8 Å². The molecule has 504 valence electrons. The van der Waals surface area contributed by atoms with E-state index in [4.69, 9.17) is 66.3 Å². The third kappa shape index (κ3) is 20.6. The number of carbonyl (C=O) groups excluding carboxylic acids is 4. The van der Waals surface area contributed by atoms with Crippen LogP contribution >= 0.6 is 0 Å². The Bertz CT molecular complexity index is 3250. The Morgan fingerprint density at radius 3 is 1.17 bits per heavy atom. The molecule has 94 heavy (non-hydrogen) atoms. The standard InChI is InChI=1S/C74H89NO19/c1-48(76)75-59-63(92-70-67(88-49(2)77)64(85-43-54-35-23-13-24-36-54)60(83-41-52-31-19-11-20-32-52)57(91-70)46-82-40-51-29-17-10-18-30-51)62(94-72(80)74(6,7)8)58(47-87-71(79)73(3,4)5)90-69(59)93-65-61(84-42-53-33-21-12-22-34-53)56(45-81-39-50-27-15-9-16-28-50)89-68(78)66(65)86-44-55-37-25-14-26-38-55/h9-38,56-70,78H,39-47H2,1-8H3,(H,75,76)/t56-,57+,58-,59-,60-,61+,62-,63-,64+,65-,66+,67-,68-,69+,70-/m1/s1. The highest BCUT2D eigenvalue weighted by Gasteiger charge is 2.58. The second-order valence-electron chi connectivity index (χ2n) is 25.7. The van der Waals surface area contributed by atoms with Crippen LogP contribution in [0.1, 0.15) is 88.8 Å². The summed E-state index contributed by atoms with van der Waals surface area (Å²) in [5.74, 6) is -2.72. The summed E-state index contributed by atoms with van der Waals surface area (Å²) in [5, 5.41) is 15.3. The average molecular weight is 1300 g/mol. The number of aliphatic hydroxyl groups excluding tert-OH is 1. The maximum absolute atomic E-state index is 14.7. The third-order valence-electron chi connectivity index (χ3n) is 15.9. The Morgan fingerprint density at radius 1 is 0.394 bits per heavy atom. The molecule has 3 aliphatic rings. The Balaban J connectivity index is 1.18. The molecule has 0 aliphatic carbocycles. The van der Waals surface area contributed by atoms with Crippen molar-refractivity contribution < 1.29 is 90.6 Å². The van der Waals surface area contributed by atoms with Crippen molar-refractivity contribution in [1.29, 1.82) is 0 Å². The van der Waals surface area contributed by atoms with Gasteiger partial charge < -0.3 is 76.7 Å². The van der Waals surface area contributed by atoms with Gasteiger partial charge >= 0.3 is 17.9 Å². The summed E-state index contributed by atoms with van der Waals surface area (Å²) in [7, 11) is 0. The third-order valence-corrected chi connectivity index (χ3v) is 15.9. The fourth-order valence-electron chi connectivity index (χ4n) is 11.0. The number of nitrogens with one attached hydrogen (secondary N) is 1. The number of benzene rings is 6. The molecule has 6 aromatic rings. The predicted molar refractivity (Wildman–Crippen MR) is 343 cm³/mol. The summed E-state index contributed by atoms with van der Waals surface area (Å²) < 4.78 is 94.3. The first-order valence-corrected chi connectivity index (χ1v) is 31.9. The van der Waals surface area contributed by atoms with Gasteiger partial charge in [0.2, 0.25) is 5.91 Å². The monoisotopic (exact) mass is 1300 g/mol. The second-order valence-corrected chi connectivity index (χ2v) is 25.7. The summed E-state index contributed by atoms with van der Waals surface area (Å²) in [5.41, 5.74) is 2.71. The smallest absolute Gasteiger partial charge is 0.311 e. The molecule has 0 radical (unpaired) electrons. The van der Waals surface area contributed by atoms with Crippen molar-refractivity contribution in [2.24, 2.45) is 10.8 Å². The summed E-state index contributed by atoms with van der Waals surface area (Å²) >= 11 is 0. The molecule has 0 saturated carbocycles. The lowest BCUT2D eigenvalue weighted by atomic mass is 9.92. The SMILES string of the molecule is CC(=O)N[C@H]1[C@H](O[C@@H]2[C@@H](OCc3ccccc3)[C@@H](COCc3ccccc3)O[C@@H](O)[C@H]2OCc2ccccc2)O[C@H](COC(=O)C(C)(C)C)[C@@H](OC(=O)C(C)(C)C)[C@@H]1O[C@H]1O[C@@H](COCc2ccccc2)[C@@H](OCc2ccccc2)[C@H](OCc2ccccc2)[C@H]1OC(C)=O. The first-order valence-electron chi connectivity index (χ1n) is 31.9. The van der Waals surface area contributed by atoms with E-state index >= 15 is 0 Å². The van der Waals surface area contributed by atoms with Crippen LogP contribution in [0.25, 0.3) is 0 Å². The molecule has 20 nitrogen and oxygen atoms in total. The Labute approximate surface area is 550 Å². The minimum absolute atomic E-state index is 0.00375. The number of amides is 1. The van der Waals surface area contributed by atoms with Gasteiger partial charge in [-0.3, -0.25) is 19.2 Å². The average Bonchev–Trinajstić information content (AvgIpc) is 0.764. The highest BCUT2D eigenvalue weighted by molar-refractivity contribution is 5.76. The second kappa shape index (κ2) is 34.4. The molecule has 3 saturated heterocycles. The van der Waals surface area contributed by atoms with Gasteiger partial charge in [0.15, 0.2) is 31.1 Å². The minimum atomic E-state index is -1.70. The number of aliphatic hydroxyl groups is 1. The van der Waals surface area contributed by atoms with Gasteiger partial charge in [0.1, 0.15) is 67.6 Å². The molecule has 3 fully saturated rings. The number of hydrogen-bond donors (Lipinski definition) is 2. The topological polar surface area (TPSA) is 230 Å². The molecule has 0 aromatic heterocycles. The zero-order valence-corrected chi connectivity index (χ0v) is 54.6. The highest BCUT2D eigenvalue weighted by Crippen LogP contribution is 2.39. The molecule has 6 aromatic carbocycles. The van der Waals surface area contributed by atoms with Crippen molar-refractivity contribution in [1.82, 2.24) is 5.32 Å². The van der Waals surface area contributed by atoms with Crippen molar-refractivity contribution in [3.8, 4) is 0 Å². The van der Waals surface area contributed by atoms with Crippen LogP contribution in [-0.4, -0.2) is 141 Å². The van der Waals surface area contributed by atoms with Gasteiger partial charge in [-0.1, -0.05) is 182 Å². The fraction of sp³-hybridized carbons (Fsp3) is 0.459. The van der Waals surface area contributed by atoms with Gasteiger partial charge in [-0.15, -0.1) is 0 Å². The van der Waals surface area contributed by atoms with Crippen molar-refractivity contribution in [2.75, 3.05) is 19.8 Å². The van der Waals surface area contributed by atoms with Crippen LogP contribution in [0, 0.1) is 10.8 Å². The molecule has 9 rings (SSSR count). The van der Waals surface area contributed by atoms with E-state index in [-0.39, 0.29) is 52.9 Å². The van der Waals surface area contributed by atoms with Crippen LogP contribution in [0.15, 0.2) is 182 Å². The van der Waals surface area contributed by atoms with Crippen LogP contribution in [-0.2, 0) is 125 Å². The van der Waals surface area contributed by atoms with Gasteiger partial charge in [0.25, 0.3) is 0 Å². The zero-order chi connectivity index (χ0) is 66.6. The van der Waals surface area contributed by atoms with E-state index in [0.29, 0.717) is 0 Å². The lowest BCUT2D eigenvalue weighted by molar-refractivity contribution is -0.373. The summed E-state index contributed by atoms with van der Waals surface area (Å²) in [6.45, 7) is 12.1. The van der Waals surface area contributed by atoms with Gasteiger partial charge in [-0.05, 0) is 74.9 Å². The zero-order valence-electron chi connectivity index (χ0n) is 54.6. The van der Waals surface area contributed by atoms with Gasteiger partial charge in [0.05, 0.1) is 63.7 Å². The van der Waals surface area contributed by atoms with E-state index in [1.807, 2.05) is 182 Å². The number of carbonyl (C=O) groups is 4. The maximum atomic E-state index is 14.7. The molecule has 2 N–H and O–H groups in total. The number of ether oxygens (including phenoxy) is 14. The van der Waals surface area contributed by atoms with Gasteiger partial charge in [-0.25, -0.2) is 0 Å². The molecule has 1 amide bonds. The van der Waals surface area contributed by atoms with E-state index in [0.717, 1.165) is 33.4 Å². The first-order chi connectivity index (χ1) is 45.3. The van der Waals surface area contributed by atoms with E-state index in [2.05, 4.69) is 5.32 Å². The van der Waals surface area contributed by atoms with Crippen LogP contribution in [0.3, 0.4) is 0 Å². The molecular formula is C74H89NO19. The van der Waals surface area contributed by atoms with Crippen LogP contribution < -0.4 is 5.32 Å². The Kier molecular flexibility index (Phi) is 26.0. The summed E-state index contributed by atoms with van der Waals surface area (Å²) in [4.78, 5) is 56.5. The molecule has 15 atom stereocenters. The fourth-order valence-corrected chi connectivity index (χ4v) is 11.0. The summed E-state index contributed by atoms with van der Waals surface area (Å²) in [6, 6.07) is 55.2. The van der Waals surface area contributed by atoms with Gasteiger partial charge in [-0.2, -0.15) is 0 Å². The highest BCUT2D eigenvalue weighted by atomic mass is 16.8. The number of hydrogen-bond acceptors (Lipinski definition) is 19. The molecule has 0 unspecified atom stereocenters.